The summed E-state index contributed by atoms with van der Waals surface area (Å²) in [5.74, 6) is 0. The summed E-state index contributed by atoms with van der Waals surface area (Å²) >= 11 is 6.17. The molecule has 1 aliphatic rings. The zero-order valence-corrected chi connectivity index (χ0v) is 12.8. The lowest BCUT2D eigenvalue weighted by Gasteiger charge is -2.32. The maximum absolute atomic E-state index is 10.3. The number of halogens is 1. The lowest BCUT2D eigenvalue weighted by molar-refractivity contribution is -0.0254. The Hall–Kier alpha value is -0.740. The highest BCUT2D eigenvalue weighted by Gasteiger charge is 2.24. The number of aliphatic hydroxyl groups is 1. The van der Waals surface area contributed by atoms with E-state index in [1.807, 2.05) is 14.0 Å². The van der Waals surface area contributed by atoms with Crippen molar-refractivity contribution in [2.24, 2.45) is 5.10 Å². The minimum absolute atomic E-state index is 0.286. The van der Waals surface area contributed by atoms with Gasteiger partial charge in [-0.05, 0) is 19.8 Å². The standard InChI is InChI=1S/C14H26ClN3O/c1-11(16-2)13(15)10-14(19)18(17-3)12-8-6-4-5-7-9-12/h12,14,16,19H,3-10H2,1-2H3/b13-11-. The molecule has 1 atom stereocenters. The van der Waals surface area contributed by atoms with Crippen LogP contribution in [0.2, 0.25) is 0 Å². The summed E-state index contributed by atoms with van der Waals surface area (Å²) in [5, 5.41) is 19.7. The summed E-state index contributed by atoms with van der Waals surface area (Å²) < 4.78 is 0. The van der Waals surface area contributed by atoms with Gasteiger partial charge in [-0.25, -0.2) is 0 Å². The first-order chi connectivity index (χ1) is 9.10. The second kappa shape index (κ2) is 8.43. The first kappa shape index (κ1) is 16.3. The van der Waals surface area contributed by atoms with Gasteiger partial charge in [-0.3, -0.25) is 5.01 Å². The molecule has 1 fully saturated rings. The van der Waals surface area contributed by atoms with Crippen molar-refractivity contribution in [3.05, 3.63) is 10.7 Å². The number of allylic oxidation sites excluding steroid dienone is 1. The van der Waals surface area contributed by atoms with Crippen molar-refractivity contribution in [3.63, 3.8) is 0 Å². The molecule has 1 unspecified atom stereocenters. The van der Waals surface area contributed by atoms with E-state index in [1.54, 1.807) is 5.01 Å². The van der Waals surface area contributed by atoms with Crippen LogP contribution in [0, 0.1) is 0 Å². The summed E-state index contributed by atoms with van der Waals surface area (Å²) in [7, 11) is 1.82. The molecule has 0 saturated heterocycles. The molecule has 1 aliphatic carbocycles. The molecule has 1 saturated carbocycles. The Morgan fingerprint density at radius 3 is 2.47 bits per heavy atom. The normalized spacial score (nSPS) is 20.2. The maximum atomic E-state index is 10.3. The van der Waals surface area contributed by atoms with Crippen molar-refractivity contribution in [1.82, 2.24) is 10.3 Å². The number of rotatable bonds is 6. The Morgan fingerprint density at radius 2 is 2.00 bits per heavy atom. The summed E-state index contributed by atoms with van der Waals surface area (Å²) in [6, 6.07) is 0.286. The monoisotopic (exact) mass is 287 g/mol. The van der Waals surface area contributed by atoms with Crippen molar-refractivity contribution in [1.29, 1.82) is 0 Å². The SMILES string of the molecule is C=NN(C(O)C/C(Cl)=C(\C)NC)C1CCCCCC1. The molecule has 0 heterocycles. The Kier molecular flexibility index (Phi) is 7.24. The average molecular weight is 288 g/mol. The molecule has 110 valence electrons. The van der Waals surface area contributed by atoms with Gasteiger partial charge in [0, 0.05) is 37.0 Å². The molecule has 2 N–H and O–H groups in total. The third-order valence-corrected chi connectivity index (χ3v) is 4.25. The van der Waals surface area contributed by atoms with Gasteiger partial charge in [0.05, 0.1) is 0 Å². The van der Waals surface area contributed by atoms with E-state index in [-0.39, 0.29) is 6.04 Å². The van der Waals surface area contributed by atoms with Crippen molar-refractivity contribution in [2.45, 2.75) is 64.1 Å². The maximum Gasteiger partial charge on any atom is 0.147 e. The van der Waals surface area contributed by atoms with Crippen LogP contribution in [0.25, 0.3) is 0 Å². The zero-order valence-electron chi connectivity index (χ0n) is 12.0. The fourth-order valence-corrected chi connectivity index (χ4v) is 2.75. The van der Waals surface area contributed by atoms with Crippen molar-refractivity contribution < 1.29 is 5.11 Å². The highest BCUT2D eigenvalue weighted by molar-refractivity contribution is 6.29. The van der Waals surface area contributed by atoms with E-state index in [0.29, 0.717) is 11.5 Å². The lowest BCUT2D eigenvalue weighted by atomic mass is 10.1. The van der Waals surface area contributed by atoms with Crippen LogP contribution >= 0.6 is 11.6 Å². The van der Waals surface area contributed by atoms with Crippen LogP contribution in [0.5, 0.6) is 0 Å². The molecule has 5 heteroatoms. The van der Waals surface area contributed by atoms with E-state index in [4.69, 9.17) is 11.6 Å². The smallest absolute Gasteiger partial charge is 0.147 e. The molecule has 0 aromatic carbocycles. The van der Waals surface area contributed by atoms with E-state index in [2.05, 4.69) is 17.1 Å². The van der Waals surface area contributed by atoms with Gasteiger partial charge in [0.1, 0.15) is 6.23 Å². The van der Waals surface area contributed by atoms with Gasteiger partial charge < -0.3 is 10.4 Å². The van der Waals surface area contributed by atoms with Gasteiger partial charge in [0.25, 0.3) is 0 Å². The Morgan fingerprint density at radius 1 is 1.42 bits per heavy atom. The Bertz CT molecular complexity index is 312. The van der Waals surface area contributed by atoms with Crippen LogP contribution < -0.4 is 5.32 Å². The fraction of sp³-hybridized carbons (Fsp3) is 0.786. The van der Waals surface area contributed by atoms with Gasteiger partial charge in [0.2, 0.25) is 0 Å². The predicted molar refractivity (Wildman–Crippen MR) is 81.1 cm³/mol. The van der Waals surface area contributed by atoms with E-state index < -0.39 is 6.23 Å². The molecule has 0 aromatic rings. The third-order valence-electron chi connectivity index (χ3n) is 3.81. The Labute approximate surface area is 121 Å². The lowest BCUT2D eigenvalue weighted by Crippen LogP contribution is -2.39. The van der Waals surface area contributed by atoms with Gasteiger partial charge in [-0.15, -0.1) is 0 Å². The molecule has 0 aromatic heterocycles. The highest BCUT2D eigenvalue weighted by Crippen LogP contribution is 2.25. The van der Waals surface area contributed by atoms with E-state index >= 15 is 0 Å². The van der Waals surface area contributed by atoms with Gasteiger partial charge >= 0.3 is 0 Å². The van der Waals surface area contributed by atoms with Crippen LogP contribution in [-0.2, 0) is 0 Å². The van der Waals surface area contributed by atoms with Crippen molar-refractivity contribution in [2.75, 3.05) is 7.05 Å². The molecular formula is C14H26ClN3O. The second-order valence-electron chi connectivity index (χ2n) is 5.13. The largest absolute Gasteiger partial charge is 0.391 e. The quantitative estimate of drug-likeness (QED) is 0.342. The summed E-state index contributed by atoms with van der Waals surface area (Å²) in [6.07, 6.45) is 6.77. The topological polar surface area (TPSA) is 47.9 Å². The van der Waals surface area contributed by atoms with Crippen LogP contribution in [0.15, 0.2) is 15.8 Å². The molecule has 0 amide bonds. The van der Waals surface area contributed by atoms with Gasteiger partial charge in [0.15, 0.2) is 0 Å². The van der Waals surface area contributed by atoms with Crippen molar-refractivity contribution >= 4 is 18.3 Å². The second-order valence-corrected chi connectivity index (χ2v) is 5.59. The number of hydrazone groups is 1. The Balaban J connectivity index is 2.65. The first-order valence-electron chi connectivity index (χ1n) is 7.06. The summed E-state index contributed by atoms with van der Waals surface area (Å²) in [6.45, 7) is 5.50. The van der Waals surface area contributed by atoms with E-state index in [1.165, 1.54) is 25.7 Å². The zero-order chi connectivity index (χ0) is 14.3. The fourth-order valence-electron chi connectivity index (χ4n) is 2.52. The molecule has 0 spiro atoms. The molecule has 0 aliphatic heterocycles. The van der Waals surface area contributed by atoms with Crippen LogP contribution in [0.3, 0.4) is 0 Å². The summed E-state index contributed by atoms with van der Waals surface area (Å²) in [5.41, 5.74) is 0.880. The van der Waals surface area contributed by atoms with Crippen LogP contribution in [0.4, 0.5) is 0 Å². The van der Waals surface area contributed by atoms with Gasteiger partial charge in [-0.1, -0.05) is 37.3 Å². The molecular weight excluding hydrogens is 262 g/mol. The molecule has 1 rings (SSSR count). The molecule has 19 heavy (non-hydrogen) atoms. The average Bonchev–Trinajstić information content (AvgIpc) is 2.67. The number of aliphatic hydroxyl groups excluding tert-OH is 1. The first-order valence-corrected chi connectivity index (χ1v) is 7.44. The number of nitrogens with zero attached hydrogens (tertiary/aromatic N) is 2. The summed E-state index contributed by atoms with van der Waals surface area (Å²) in [4.78, 5) is 0. The minimum Gasteiger partial charge on any atom is -0.391 e. The van der Waals surface area contributed by atoms with Crippen molar-refractivity contribution in [3.8, 4) is 0 Å². The number of hydrogen-bond donors (Lipinski definition) is 2. The molecule has 0 radical (unpaired) electrons. The van der Waals surface area contributed by atoms with Crippen LogP contribution in [-0.4, -0.2) is 36.2 Å². The predicted octanol–water partition coefficient (Wildman–Crippen LogP) is 3.03. The van der Waals surface area contributed by atoms with E-state index in [0.717, 1.165) is 18.5 Å². The van der Waals surface area contributed by atoms with Crippen LogP contribution in [0.1, 0.15) is 51.9 Å². The number of hydrogen-bond acceptors (Lipinski definition) is 4. The number of nitrogens with one attached hydrogen (secondary N) is 1. The molecule has 0 bridgehead atoms. The minimum atomic E-state index is -0.698. The highest BCUT2D eigenvalue weighted by atomic mass is 35.5. The third kappa shape index (κ3) is 5.03. The van der Waals surface area contributed by atoms with E-state index in [9.17, 15) is 5.11 Å². The van der Waals surface area contributed by atoms with Gasteiger partial charge in [-0.2, -0.15) is 5.10 Å². The molecule has 4 nitrogen and oxygen atoms in total.